The summed E-state index contributed by atoms with van der Waals surface area (Å²) in [5, 5.41) is 2.83. The Morgan fingerprint density at radius 3 is 2.37 bits per heavy atom. The molecule has 0 unspecified atom stereocenters. The fourth-order valence-corrected chi connectivity index (χ4v) is 2.98. The Bertz CT molecular complexity index is 738. The van der Waals surface area contributed by atoms with Crippen LogP contribution >= 0.6 is 0 Å². The Morgan fingerprint density at radius 1 is 1.11 bits per heavy atom. The van der Waals surface area contributed by atoms with Crippen LogP contribution in [0.4, 0.5) is 11.5 Å². The second-order valence-electron chi connectivity index (χ2n) is 6.83. The van der Waals surface area contributed by atoms with Gasteiger partial charge in [-0.2, -0.15) is 0 Å². The number of piperazine rings is 1. The van der Waals surface area contributed by atoms with Crippen molar-refractivity contribution in [2.24, 2.45) is 0 Å². The number of carbonyl (C=O) groups is 1. The molecule has 27 heavy (non-hydrogen) atoms. The third-order valence-electron chi connectivity index (χ3n) is 4.50. The average molecular weight is 369 g/mol. The number of aromatic nitrogens is 2. The minimum Gasteiger partial charge on any atom is -0.491 e. The standard InChI is InChI=1S/C20H27N5O2/c1-4-24-9-11-25(12-10-24)19-14-21-18(13-22-19)20(26)23-16-5-7-17(8-6-16)27-15(2)3/h5-8,13-15H,4,9-12H2,1-3H3,(H,23,26). The lowest BCUT2D eigenvalue weighted by Crippen LogP contribution is -2.46. The number of hydrogen-bond acceptors (Lipinski definition) is 6. The van der Waals surface area contributed by atoms with Crippen LogP contribution in [0.25, 0.3) is 0 Å². The molecule has 144 valence electrons. The van der Waals surface area contributed by atoms with E-state index in [1.54, 1.807) is 6.20 Å². The first kappa shape index (κ1) is 19.1. The molecule has 0 saturated carbocycles. The number of carbonyl (C=O) groups excluding carboxylic acids is 1. The average Bonchev–Trinajstić information content (AvgIpc) is 2.69. The Balaban J connectivity index is 1.57. The van der Waals surface area contributed by atoms with Gasteiger partial charge in [0.1, 0.15) is 17.3 Å². The van der Waals surface area contributed by atoms with Gasteiger partial charge in [-0.25, -0.2) is 9.97 Å². The van der Waals surface area contributed by atoms with E-state index in [2.05, 4.69) is 32.0 Å². The second kappa shape index (κ2) is 8.81. The summed E-state index contributed by atoms with van der Waals surface area (Å²) in [5.41, 5.74) is 0.992. The fourth-order valence-electron chi connectivity index (χ4n) is 2.98. The lowest BCUT2D eigenvalue weighted by molar-refractivity contribution is 0.102. The Labute approximate surface area is 160 Å². The molecule has 0 radical (unpaired) electrons. The van der Waals surface area contributed by atoms with Crippen LogP contribution in [0.5, 0.6) is 5.75 Å². The van der Waals surface area contributed by atoms with Gasteiger partial charge in [0.05, 0.1) is 18.5 Å². The van der Waals surface area contributed by atoms with Crippen LogP contribution in [0, 0.1) is 0 Å². The van der Waals surface area contributed by atoms with Crippen molar-refractivity contribution in [2.75, 3.05) is 42.9 Å². The highest BCUT2D eigenvalue weighted by molar-refractivity contribution is 6.02. The van der Waals surface area contributed by atoms with Crippen LogP contribution < -0.4 is 15.0 Å². The summed E-state index contributed by atoms with van der Waals surface area (Å²) in [6.45, 7) is 11.1. The molecule has 0 atom stereocenters. The summed E-state index contributed by atoms with van der Waals surface area (Å²) in [5.74, 6) is 1.31. The third kappa shape index (κ3) is 5.17. The van der Waals surface area contributed by atoms with E-state index in [0.717, 1.165) is 44.3 Å². The predicted molar refractivity (Wildman–Crippen MR) is 107 cm³/mol. The van der Waals surface area contributed by atoms with Crippen molar-refractivity contribution >= 4 is 17.4 Å². The smallest absolute Gasteiger partial charge is 0.275 e. The molecule has 2 aromatic rings. The lowest BCUT2D eigenvalue weighted by atomic mass is 10.3. The fraction of sp³-hybridized carbons (Fsp3) is 0.450. The van der Waals surface area contributed by atoms with Crippen LogP contribution in [0.2, 0.25) is 0 Å². The number of nitrogens with one attached hydrogen (secondary N) is 1. The van der Waals surface area contributed by atoms with Crippen molar-refractivity contribution in [1.29, 1.82) is 0 Å². The molecule has 2 heterocycles. The van der Waals surface area contributed by atoms with E-state index in [9.17, 15) is 4.79 Å². The summed E-state index contributed by atoms with van der Waals surface area (Å²) in [7, 11) is 0. The molecule has 7 heteroatoms. The maximum absolute atomic E-state index is 12.4. The van der Waals surface area contributed by atoms with E-state index in [4.69, 9.17) is 4.74 Å². The van der Waals surface area contributed by atoms with E-state index in [0.29, 0.717) is 11.4 Å². The monoisotopic (exact) mass is 369 g/mol. The molecule has 1 saturated heterocycles. The zero-order valence-corrected chi connectivity index (χ0v) is 16.2. The van der Waals surface area contributed by atoms with Crippen LogP contribution in [-0.4, -0.2) is 59.6 Å². The molecule has 1 aromatic carbocycles. The van der Waals surface area contributed by atoms with E-state index in [1.165, 1.54) is 6.20 Å². The van der Waals surface area contributed by atoms with Gasteiger partial charge in [0, 0.05) is 31.9 Å². The number of nitrogens with zero attached hydrogens (tertiary/aromatic N) is 4. The molecule has 1 aliphatic heterocycles. The molecule has 0 spiro atoms. The van der Waals surface area contributed by atoms with Gasteiger partial charge in [-0.15, -0.1) is 0 Å². The maximum Gasteiger partial charge on any atom is 0.275 e. The zero-order valence-electron chi connectivity index (χ0n) is 16.2. The van der Waals surface area contributed by atoms with Gasteiger partial charge in [0.25, 0.3) is 5.91 Å². The molecule has 0 bridgehead atoms. The largest absolute Gasteiger partial charge is 0.491 e. The summed E-state index contributed by atoms with van der Waals surface area (Å²) >= 11 is 0. The number of hydrogen-bond donors (Lipinski definition) is 1. The van der Waals surface area contributed by atoms with Gasteiger partial charge < -0.3 is 19.9 Å². The molecule has 1 aliphatic rings. The quantitative estimate of drug-likeness (QED) is 0.844. The molecule has 7 nitrogen and oxygen atoms in total. The second-order valence-corrected chi connectivity index (χ2v) is 6.83. The summed E-state index contributed by atoms with van der Waals surface area (Å²) in [4.78, 5) is 25.7. The van der Waals surface area contributed by atoms with Crippen molar-refractivity contribution in [3.8, 4) is 5.75 Å². The van der Waals surface area contributed by atoms with Gasteiger partial charge in [-0.1, -0.05) is 6.92 Å². The molecule has 1 aromatic heterocycles. The predicted octanol–water partition coefficient (Wildman–Crippen LogP) is 2.66. The van der Waals surface area contributed by atoms with Crippen molar-refractivity contribution in [3.05, 3.63) is 42.4 Å². The number of likely N-dealkylation sites (N-methyl/N-ethyl adjacent to an activating group) is 1. The Kier molecular flexibility index (Phi) is 6.24. The van der Waals surface area contributed by atoms with Crippen LogP contribution in [0.1, 0.15) is 31.3 Å². The number of benzene rings is 1. The van der Waals surface area contributed by atoms with Crippen molar-refractivity contribution in [3.63, 3.8) is 0 Å². The summed E-state index contributed by atoms with van der Waals surface area (Å²) in [6, 6.07) is 7.29. The van der Waals surface area contributed by atoms with E-state index in [1.807, 2.05) is 38.1 Å². The first-order valence-corrected chi connectivity index (χ1v) is 9.42. The molecule has 1 N–H and O–H groups in total. The topological polar surface area (TPSA) is 70.6 Å². The van der Waals surface area contributed by atoms with Crippen LogP contribution in [-0.2, 0) is 0 Å². The summed E-state index contributed by atoms with van der Waals surface area (Å²) in [6.07, 6.45) is 3.33. The first-order valence-electron chi connectivity index (χ1n) is 9.42. The Hall–Kier alpha value is -2.67. The molecular weight excluding hydrogens is 342 g/mol. The SMILES string of the molecule is CCN1CCN(c2cnc(C(=O)Nc3ccc(OC(C)C)cc3)cn2)CC1. The number of amides is 1. The van der Waals surface area contributed by atoms with Crippen molar-refractivity contribution in [1.82, 2.24) is 14.9 Å². The minimum atomic E-state index is -0.276. The number of anilines is 2. The highest BCUT2D eigenvalue weighted by Crippen LogP contribution is 2.18. The molecule has 0 aliphatic carbocycles. The lowest BCUT2D eigenvalue weighted by Gasteiger charge is -2.34. The molecule has 3 rings (SSSR count). The number of ether oxygens (including phenoxy) is 1. The van der Waals surface area contributed by atoms with E-state index < -0.39 is 0 Å². The Morgan fingerprint density at radius 2 is 1.81 bits per heavy atom. The summed E-state index contributed by atoms with van der Waals surface area (Å²) < 4.78 is 5.60. The van der Waals surface area contributed by atoms with Crippen LogP contribution in [0.15, 0.2) is 36.7 Å². The highest BCUT2D eigenvalue weighted by atomic mass is 16.5. The van der Waals surface area contributed by atoms with Gasteiger partial charge >= 0.3 is 0 Å². The van der Waals surface area contributed by atoms with Gasteiger partial charge in [-0.3, -0.25) is 4.79 Å². The molecule has 1 amide bonds. The normalized spacial score (nSPS) is 15.0. The van der Waals surface area contributed by atoms with Crippen molar-refractivity contribution < 1.29 is 9.53 Å². The zero-order chi connectivity index (χ0) is 19.2. The molecular formula is C20H27N5O2. The number of rotatable bonds is 6. The van der Waals surface area contributed by atoms with Gasteiger partial charge in [-0.05, 0) is 44.7 Å². The highest BCUT2D eigenvalue weighted by Gasteiger charge is 2.17. The maximum atomic E-state index is 12.4. The van der Waals surface area contributed by atoms with E-state index in [-0.39, 0.29) is 12.0 Å². The molecule has 1 fully saturated rings. The van der Waals surface area contributed by atoms with Gasteiger partial charge in [0.2, 0.25) is 0 Å². The van der Waals surface area contributed by atoms with Gasteiger partial charge in [0.15, 0.2) is 0 Å². The van der Waals surface area contributed by atoms with Crippen LogP contribution in [0.3, 0.4) is 0 Å². The van der Waals surface area contributed by atoms with E-state index >= 15 is 0 Å². The third-order valence-corrected chi connectivity index (χ3v) is 4.50. The first-order chi connectivity index (χ1) is 13.0. The van der Waals surface area contributed by atoms with Crippen molar-refractivity contribution in [2.45, 2.75) is 26.9 Å². The minimum absolute atomic E-state index is 0.115.